The van der Waals surface area contributed by atoms with Crippen LogP contribution in [0.3, 0.4) is 0 Å². The predicted octanol–water partition coefficient (Wildman–Crippen LogP) is 3.88. The molecule has 1 fully saturated rings. The summed E-state index contributed by atoms with van der Waals surface area (Å²) in [5.74, 6) is -3.68. The Kier molecular flexibility index (Phi) is 6.73. The number of nitrogens with zero attached hydrogens (tertiary/aromatic N) is 1. The van der Waals surface area contributed by atoms with E-state index < -0.39 is 35.3 Å². The number of halogens is 1. The van der Waals surface area contributed by atoms with Gasteiger partial charge in [-0.25, -0.2) is 4.39 Å². The second-order valence-corrected chi connectivity index (χ2v) is 8.03. The molecule has 3 aromatic carbocycles. The number of hydrogen-bond donors (Lipinski definition) is 2. The van der Waals surface area contributed by atoms with E-state index >= 15 is 0 Å². The van der Waals surface area contributed by atoms with Gasteiger partial charge in [-0.1, -0.05) is 24.3 Å². The van der Waals surface area contributed by atoms with E-state index in [1.54, 1.807) is 30.3 Å². The molecule has 0 spiro atoms. The van der Waals surface area contributed by atoms with Crippen molar-refractivity contribution in [2.75, 3.05) is 19.1 Å². The molecule has 1 saturated heterocycles. The van der Waals surface area contributed by atoms with Crippen molar-refractivity contribution in [1.29, 1.82) is 0 Å². The molecule has 4 rings (SSSR count). The third kappa shape index (κ3) is 4.50. The summed E-state index contributed by atoms with van der Waals surface area (Å²) in [5, 5.41) is 21.3. The van der Waals surface area contributed by atoms with Gasteiger partial charge in [-0.15, -0.1) is 0 Å². The minimum Gasteiger partial charge on any atom is -0.508 e. The third-order valence-electron chi connectivity index (χ3n) is 5.84. The van der Waals surface area contributed by atoms with Crippen molar-refractivity contribution in [3.63, 3.8) is 0 Å². The molecule has 36 heavy (non-hydrogen) atoms. The lowest BCUT2D eigenvalue weighted by atomic mass is 9.94. The third-order valence-corrected chi connectivity index (χ3v) is 5.84. The normalized spacial score (nSPS) is 16.8. The summed E-state index contributed by atoms with van der Waals surface area (Å²) in [7, 11) is 2.60. The Labute approximate surface area is 205 Å². The van der Waals surface area contributed by atoms with Crippen molar-refractivity contribution in [2.45, 2.75) is 12.5 Å². The molecule has 184 valence electrons. The number of hydrogen-bond acceptors (Lipinski definition) is 7. The fraction of sp³-hybridized carbons (Fsp3) is 0.148. The maximum Gasteiger partial charge on any atom is 0.309 e. The molecule has 3 aromatic rings. The number of amides is 1. The maximum atomic E-state index is 14.1. The molecule has 1 amide bonds. The number of benzene rings is 3. The topological polar surface area (TPSA) is 113 Å². The van der Waals surface area contributed by atoms with Gasteiger partial charge < -0.3 is 19.7 Å². The molecule has 1 aliphatic heterocycles. The molecule has 2 N–H and O–H groups in total. The first kappa shape index (κ1) is 24.5. The Morgan fingerprint density at radius 1 is 1.03 bits per heavy atom. The SMILES string of the molecule is COC(=O)Cc1ccc(N2C(=O)C(=O)/C(=C(/O)c3cc(F)ccc3OC)C2c2cccc(O)c2)cc1. The number of phenolic OH excluding ortho intramolecular Hbond substituents is 1. The highest BCUT2D eigenvalue weighted by atomic mass is 19.1. The van der Waals surface area contributed by atoms with Crippen LogP contribution in [0, 0.1) is 5.82 Å². The molecule has 1 atom stereocenters. The van der Waals surface area contributed by atoms with Gasteiger partial charge in [0.05, 0.1) is 37.8 Å². The first-order valence-corrected chi connectivity index (χ1v) is 10.8. The van der Waals surface area contributed by atoms with Crippen molar-refractivity contribution in [3.05, 3.63) is 94.8 Å². The minimum atomic E-state index is -1.14. The Hall–Kier alpha value is -4.66. The summed E-state index contributed by atoms with van der Waals surface area (Å²) >= 11 is 0. The average Bonchev–Trinajstić information content (AvgIpc) is 3.14. The van der Waals surface area contributed by atoms with Crippen molar-refractivity contribution in [1.82, 2.24) is 0 Å². The van der Waals surface area contributed by atoms with Crippen LogP contribution in [0.15, 0.2) is 72.3 Å². The average molecular weight is 491 g/mol. The zero-order valence-electron chi connectivity index (χ0n) is 19.4. The molecular weight excluding hydrogens is 469 g/mol. The van der Waals surface area contributed by atoms with E-state index in [0.29, 0.717) is 16.8 Å². The lowest BCUT2D eigenvalue weighted by molar-refractivity contribution is -0.139. The van der Waals surface area contributed by atoms with E-state index in [4.69, 9.17) is 4.74 Å². The smallest absolute Gasteiger partial charge is 0.309 e. The summed E-state index contributed by atoms with van der Waals surface area (Å²) in [5.41, 5.74) is 0.872. The van der Waals surface area contributed by atoms with Crippen LogP contribution in [0.25, 0.3) is 5.76 Å². The Morgan fingerprint density at radius 2 is 1.75 bits per heavy atom. The zero-order chi connectivity index (χ0) is 26.0. The van der Waals surface area contributed by atoms with E-state index in [0.717, 1.165) is 12.1 Å². The highest BCUT2D eigenvalue weighted by molar-refractivity contribution is 6.51. The van der Waals surface area contributed by atoms with Crippen molar-refractivity contribution in [2.24, 2.45) is 0 Å². The van der Waals surface area contributed by atoms with E-state index in [2.05, 4.69) is 4.74 Å². The highest BCUT2D eigenvalue weighted by Gasteiger charge is 2.47. The summed E-state index contributed by atoms with van der Waals surface area (Å²) in [6.07, 6.45) is 0.0188. The van der Waals surface area contributed by atoms with Gasteiger partial charge in [-0.05, 0) is 53.6 Å². The van der Waals surface area contributed by atoms with Crippen molar-refractivity contribution in [3.8, 4) is 11.5 Å². The molecule has 0 radical (unpaired) electrons. The first-order chi connectivity index (χ1) is 17.2. The zero-order valence-corrected chi connectivity index (χ0v) is 19.4. The highest BCUT2D eigenvalue weighted by Crippen LogP contribution is 2.43. The number of rotatable bonds is 6. The van der Waals surface area contributed by atoms with Gasteiger partial charge in [0.15, 0.2) is 0 Å². The Balaban J connectivity index is 1.90. The van der Waals surface area contributed by atoms with Gasteiger partial charge in [-0.2, -0.15) is 0 Å². The predicted molar refractivity (Wildman–Crippen MR) is 128 cm³/mol. The van der Waals surface area contributed by atoms with Gasteiger partial charge >= 0.3 is 5.97 Å². The van der Waals surface area contributed by atoms with E-state index in [9.17, 15) is 29.0 Å². The fourth-order valence-electron chi connectivity index (χ4n) is 4.13. The van der Waals surface area contributed by atoms with E-state index in [1.807, 2.05) is 0 Å². The van der Waals surface area contributed by atoms with Gasteiger partial charge in [0.2, 0.25) is 0 Å². The molecule has 1 unspecified atom stereocenters. The molecule has 0 aromatic heterocycles. The lowest BCUT2D eigenvalue weighted by Gasteiger charge is -2.26. The molecule has 0 saturated carbocycles. The Bertz CT molecular complexity index is 1380. The van der Waals surface area contributed by atoms with Crippen LogP contribution in [0.4, 0.5) is 10.1 Å². The molecule has 8 nitrogen and oxygen atoms in total. The number of aromatic hydroxyl groups is 1. The number of methoxy groups -OCH3 is 2. The first-order valence-electron chi connectivity index (χ1n) is 10.8. The summed E-state index contributed by atoms with van der Waals surface area (Å²) in [6, 6.07) is 14.5. The minimum absolute atomic E-state index is 0.0188. The summed E-state index contributed by atoms with van der Waals surface area (Å²) in [6.45, 7) is 0. The second-order valence-electron chi connectivity index (χ2n) is 8.03. The van der Waals surface area contributed by atoms with Crippen LogP contribution in [-0.4, -0.2) is 42.1 Å². The number of Topliss-reactive ketones (excluding diaryl/α,β-unsaturated/α-hetero) is 1. The Morgan fingerprint density at radius 3 is 2.39 bits per heavy atom. The molecule has 1 heterocycles. The number of carbonyl (C=O) groups is 3. The van der Waals surface area contributed by atoms with Gasteiger partial charge in [-0.3, -0.25) is 19.3 Å². The number of phenols is 1. The summed E-state index contributed by atoms with van der Waals surface area (Å²) in [4.78, 5) is 39.2. The number of aliphatic hydroxyl groups is 1. The molecule has 9 heteroatoms. The number of carbonyl (C=O) groups excluding carboxylic acids is 3. The summed E-state index contributed by atoms with van der Waals surface area (Å²) < 4.78 is 23.9. The van der Waals surface area contributed by atoms with Crippen LogP contribution in [0.2, 0.25) is 0 Å². The fourth-order valence-corrected chi connectivity index (χ4v) is 4.13. The van der Waals surface area contributed by atoms with Gasteiger partial charge in [0.25, 0.3) is 11.7 Å². The standard InChI is InChI=1S/C27H22FNO7/c1-35-21-11-8-17(28)14-20(21)25(32)23-24(16-4-3-5-19(30)13-16)29(27(34)26(23)33)18-9-6-15(7-10-18)12-22(31)36-2/h3-11,13-14,24,30,32H,12H2,1-2H3/b25-23+. The number of ether oxygens (including phenoxy) is 2. The van der Waals surface area contributed by atoms with Crippen LogP contribution in [0.1, 0.15) is 22.7 Å². The molecule has 1 aliphatic rings. The van der Waals surface area contributed by atoms with Crippen LogP contribution < -0.4 is 9.64 Å². The number of ketones is 1. The second kappa shape index (κ2) is 9.91. The van der Waals surface area contributed by atoms with Crippen LogP contribution in [-0.2, 0) is 25.5 Å². The number of esters is 1. The maximum absolute atomic E-state index is 14.1. The number of aliphatic hydroxyl groups excluding tert-OH is 1. The van der Waals surface area contributed by atoms with Crippen molar-refractivity contribution >= 4 is 29.1 Å². The lowest BCUT2D eigenvalue weighted by Crippen LogP contribution is -2.29. The van der Waals surface area contributed by atoms with E-state index in [1.165, 1.54) is 43.4 Å². The molecule has 0 bridgehead atoms. The monoisotopic (exact) mass is 491 g/mol. The number of anilines is 1. The largest absolute Gasteiger partial charge is 0.508 e. The van der Waals surface area contributed by atoms with Gasteiger partial charge in [0, 0.05) is 5.69 Å². The quantitative estimate of drug-likeness (QED) is 0.233. The van der Waals surface area contributed by atoms with Crippen LogP contribution >= 0.6 is 0 Å². The van der Waals surface area contributed by atoms with Crippen LogP contribution in [0.5, 0.6) is 11.5 Å². The van der Waals surface area contributed by atoms with Gasteiger partial charge in [0.1, 0.15) is 23.1 Å². The molecule has 0 aliphatic carbocycles. The van der Waals surface area contributed by atoms with E-state index in [-0.39, 0.29) is 29.1 Å². The van der Waals surface area contributed by atoms with Crippen molar-refractivity contribution < 1.29 is 38.5 Å². The molecular formula is C27H22FNO7.